The van der Waals surface area contributed by atoms with Crippen LogP contribution in [0.4, 0.5) is 8.78 Å². The predicted octanol–water partition coefficient (Wildman–Crippen LogP) is 2.07. The zero-order chi connectivity index (χ0) is 13.2. The summed E-state index contributed by atoms with van der Waals surface area (Å²) in [5.74, 6) is -0.0506. The maximum Gasteiger partial charge on any atom is 0.387 e. The van der Waals surface area contributed by atoms with Gasteiger partial charge in [-0.1, -0.05) is 0 Å². The van der Waals surface area contributed by atoms with E-state index in [4.69, 9.17) is 0 Å². The Morgan fingerprint density at radius 3 is 2.17 bits per heavy atom. The molecule has 0 saturated carbocycles. The smallest absolute Gasteiger partial charge is 0.387 e. The lowest BCUT2D eigenvalue weighted by Gasteiger charge is -2.15. The summed E-state index contributed by atoms with van der Waals surface area (Å²) in [6, 6.07) is 5.03. The van der Waals surface area contributed by atoms with E-state index in [1.165, 1.54) is 28.6 Å². The highest BCUT2D eigenvalue weighted by Gasteiger charge is 2.26. The van der Waals surface area contributed by atoms with E-state index in [0.29, 0.717) is 13.1 Å². The fourth-order valence-electron chi connectivity index (χ4n) is 1.87. The molecule has 1 unspecified atom stereocenters. The molecule has 1 aliphatic rings. The summed E-state index contributed by atoms with van der Waals surface area (Å²) in [4.78, 5) is 0.103. The average Bonchev–Trinajstić information content (AvgIpc) is 2.83. The van der Waals surface area contributed by atoms with Gasteiger partial charge in [0.2, 0.25) is 10.0 Å². The van der Waals surface area contributed by atoms with Crippen molar-refractivity contribution < 1.29 is 21.9 Å². The monoisotopic (exact) mass is 276 g/mol. The molecule has 2 rings (SSSR count). The van der Waals surface area contributed by atoms with Crippen LogP contribution in [0, 0.1) is 0 Å². The molecule has 1 aromatic carbocycles. The Morgan fingerprint density at radius 1 is 1.11 bits per heavy atom. The Bertz CT molecular complexity index is 496. The summed E-state index contributed by atoms with van der Waals surface area (Å²) < 4.78 is 53.7. The van der Waals surface area contributed by atoms with E-state index in [9.17, 15) is 17.2 Å². The van der Waals surface area contributed by atoms with Crippen molar-refractivity contribution in [3.63, 3.8) is 0 Å². The van der Waals surface area contributed by atoms with Gasteiger partial charge in [-0.05, 0) is 37.1 Å². The van der Waals surface area contributed by atoms with Crippen LogP contribution >= 0.6 is 0 Å². The van der Waals surface area contributed by atoms with Crippen LogP contribution in [0.15, 0.2) is 29.2 Å². The molecule has 18 heavy (non-hydrogen) atoms. The first-order valence-corrected chi connectivity index (χ1v) is 6.99. The van der Waals surface area contributed by atoms with Crippen molar-refractivity contribution in [2.24, 2.45) is 0 Å². The van der Waals surface area contributed by atoms with Crippen LogP contribution < -0.4 is 4.74 Å². The Labute approximate surface area is 104 Å². The lowest BCUT2D eigenvalue weighted by molar-refractivity contribution is -0.0498. The maximum atomic E-state index is 12.1. The minimum atomic E-state index is -3.49. The Hall–Kier alpha value is -1.21. The number of alkyl halides is 2. The zero-order valence-electron chi connectivity index (χ0n) is 9.55. The maximum absolute atomic E-state index is 12.1. The quantitative estimate of drug-likeness (QED) is 0.845. The predicted molar refractivity (Wildman–Crippen MR) is 61.1 cm³/mol. The first-order chi connectivity index (χ1) is 8.50. The van der Waals surface area contributed by atoms with Crippen LogP contribution in [0.2, 0.25) is 0 Å². The highest BCUT2D eigenvalue weighted by atomic mass is 32.2. The largest absolute Gasteiger partial charge is 0.435 e. The molecule has 7 heteroatoms. The topological polar surface area (TPSA) is 46.6 Å². The molecule has 1 heterocycles. The summed E-state index contributed by atoms with van der Waals surface area (Å²) in [5.41, 5.74) is 0. The number of halogens is 2. The molecule has 1 aliphatic heterocycles. The van der Waals surface area contributed by atoms with E-state index in [2.05, 4.69) is 4.74 Å². The van der Waals surface area contributed by atoms with Crippen LogP contribution in [0.25, 0.3) is 0 Å². The van der Waals surface area contributed by atoms with E-state index < -0.39 is 16.6 Å². The van der Waals surface area contributed by atoms with Gasteiger partial charge in [-0.3, -0.25) is 0 Å². The van der Waals surface area contributed by atoms with Crippen molar-refractivity contribution in [1.29, 1.82) is 0 Å². The van der Waals surface area contributed by atoms with Crippen molar-refractivity contribution in [1.82, 2.24) is 4.31 Å². The standard InChI is InChI=1S/C11H13F2NO3S/c12-11(13)17-9-3-5-10(6-4-9)18(15,16)14-7-1-2-8-14/h3-6,11H,1-2,7-8H2/i12-1. The summed E-state index contributed by atoms with van der Waals surface area (Å²) in [6.07, 6.45) is 1.71. The minimum Gasteiger partial charge on any atom is -0.435 e. The van der Waals surface area contributed by atoms with E-state index in [1.54, 1.807) is 0 Å². The molecular formula is C11H13F2NO3S. The number of rotatable bonds is 4. The number of nitrogens with zero attached hydrogens (tertiary/aromatic N) is 1. The number of benzene rings is 1. The zero-order valence-corrected chi connectivity index (χ0v) is 10.4. The van der Waals surface area contributed by atoms with Crippen LogP contribution in [-0.4, -0.2) is 32.4 Å². The molecule has 1 saturated heterocycles. The molecule has 0 aliphatic carbocycles. The molecule has 0 aromatic heterocycles. The molecule has 1 fully saturated rings. The Morgan fingerprint density at radius 2 is 1.67 bits per heavy atom. The van der Waals surface area contributed by atoms with Gasteiger partial charge in [0.25, 0.3) is 0 Å². The molecule has 0 amide bonds. The number of sulfonamides is 1. The first-order valence-electron chi connectivity index (χ1n) is 5.55. The van der Waals surface area contributed by atoms with E-state index in [1.807, 2.05) is 0 Å². The molecule has 0 N–H and O–H groups in total. The van der Waals surface area contributed by atoms with Crippen molar-refractivity contribution >= 4 is 10.0 Å². The van der Waals surface area contributed by atoms with Crippen molar-refractivity contribution in [3.05, 3.63) is 24.3 Å². The van der Waals surface area contributed by atoms with Gasteiger partial charge in [0.1, 0.15) is 5.75 Å². The lowest BCUT2D eigenvalue weighted by Crippen LogP contribution is -2.27. The Balaban J connectivity index is 2.18. The van der Waals surface area contributed by atoms with Gasteiger partial charge in [-0.2, -0.15) is 13.1 Å². The molecule has 0 bridgehead atoms. The second-order valence-corrected chi connectivity index (χ2v) is 5.90. The molecule has 0 radical (unpaired) electrons. The van der Waals surface area contributed by atoms with Gasteiger partial charge in [0, 0.05) is 13.1 Å². The summed E-state index contributed by atoms with van der Waals surface area (Å²) in [7, 11) is -3.49. The van der Waals surface area contributed by atoms with Gasteiger partial charge >= 0.3 is 6.61 Å². The minimum absolute atomic E-state index is 0.0506. The van der Waals surface area contributed by atoms with Crippen molar-refractivity contribution in [2.45, 2.75) is 24.3 Å². The fourth-order valence-corrected chi connectivity index (χ4v) is 3.39. The fraction of sp³-hybridized carbons (Fsp3) is 0.455. The summed E-state index contributed by atoms with van der Waals surface area (Å²) >= 11 is 0. The third kappa shape index (κ3) is 2.78. The third-order valence-corrected chi connectivity index (χ3v) is 4.66. The SMILES string of the molecule is O=S(=O)(c1ccc(OC(F)[18F])cc1)N1CCCC1. The number of hydrogen-bond donors (Lipinski definition) is 0. The van der Waals surface area contributed by atoms with Crippen LogP contribution in [-0.2, 0) is 10.0 Å². The van der Waals surface area contributed by atoms with Crippen LogP contribution in [0.1, 0.15) is 12.8 Å². The summed E-state index contributed by atoms with van der Waals surface area (Å²) in [6.45, 7) is -1.89. The first kappa shape index (κ1) is 13.2. The van der Waals surface area contributed by atoms with Gasteiger partial charge in [-0.15, -0.1) is 0 Å². The van der Waals surface area contributed by atoms with Crippen LogP contribution in [0.5, 0.6) is 5.75 Å². The van der Waals surface area contributed by atoms with E-state index in [0.717, 1.165) is 12.8 Å². The van der Waals surface area contributed by atoms with Gasteiger partial charge in [-0.25, -0.2) is 8.42 Å². The highest BCUT2D eigenvalue weighted by molar-refractivity contribution is 7.89. The molecule has 100 valence electrons. The van der Waals surface area contributed by atoms with E-state index in [-0.39, 0.29) is 10.6 Å². The van der Waals surface area contributed by atoms with Crippen LogP contribution in [0.3, 0.4) is 0 Å². The van der Waals surface area contributed by atoms with Gasteiger partial charge in [0.15, 0.2) is 0 Å². The highest BCUT2D eigenvalue weighted by Crippen LogP contribution is 2.23. The summed E-state index contributed by atoms with van der Waals surface area (Å²) in [5, 5.41) is 0. The lowest BCUT2D eigenvalue weighted by atomic mass is 10.3. The van der Waals surface area contributed by atoms with Crippen molar-refractivity contribution in [2.75, 3.05) is 13.1 Å². The molecule has 4 nitrogen and oxygen atoms in total. The third-order valence-electron chi connectivity index (χ3n) is 2.75. The Kier molecular flexibility index (Phi) is 3.82. The molecule has 0 spiro atoms. The molecule has 1 atom stereocenters. The molecular weight excluding hydrogens is 263 g/mol. The normalized spacial score (nSPS) is 18.8. The molecule has 1 aromatic rings. The van der Waals surface area contributed by atoms with E-state index >= 15 is 0 Å². The number of ether oxygens (including phenoxy) is 1. The average molecular weight is 276 g/mol. The van der Waals surface area contributed by atoms with Gasteiger partial charge < -0.3 is 4.74 Å². The number of hydrogen-bond acceptors (Lipinski definition) is 3. The second kappa shape index (κ2) is 5.19. The van der Waals surface area contributed by atoms with Gasteiger partial charge in [0.05, 0.1) is 4.90 Å². The van der Waals surface area contributed by atoms with Crippen molar-refractivity contribution in [3.8, 4) is 5.75 Å². The second-order valence-electron chi connectivity index (χ2n) is 3.96.